The summed E-state index contributed by atoms with van der Waals surface area (Å²) in [5.74, 6) is 1.67. The van der Waals surface area contributed by atoms with Crippen LogP contribution in [0.3, 0.4) is 0 Å². The maximum absolute atomic E-state index is 4.48. The van der Waals surface area contributed by atoms with Gasteiger partial charge in [0.1, 0.15) is 0 Å². The molecule has 104 valence electrons. The zero-order chi connectivity index (χ0) is 13.0. The Morgan fingerprint density at radius 3 is 3.21 bits per heavy atom. The topological polar surface area (TPSA) is 21.1 Å². The van der Waals surface area contributed by atoms with Gasteiger partial charge in [-0.15, -0.1) is 0 Å². The van der Waals surface area contributed by atoms with E-state index in [4.69, 9.17) is 0 Å². The van der Waals surface area contributed by atoms with Gasteiger partial charge in [0.15, 0.2) is 0 Å². The van der Waals surface area contributed by atoms with Gasteiger partial charge in [-0.2, -0.15) is 5.10 Å². The molecule has 0 N–H and O–H groups in total. The van der Waals surface area contributed by atoms with E-state index < -0.39 is 0 Å². The molecule has 4 rings (SSSR count). The number of hydrogen-bond acceptors (Lipinski definition) is 2. The molecule has 3 heteroatoms. The quantitative estimate of drug-likeness (QED) is 0.831. The second-order valence-electron chi connectivity index (χ2n) is 7.30. The zero-order valence-electron chi connectivity index (χ0n) is 12.2. The normalized spacial score (nSPS) is 36.8. The lowest BCUT2D eigenvalue weighted by molar-refractivity contribution is 0.131. The van der Waals surface area contributed by atoms with E-state index in [1.54, 1.807) is 0 Å². The van der Waals surface area contributed by atoms with E-state index in [1.807, 2.05) is 6.20 Å². The van der Waals surface area contributed by atoms with E-state index in [0.29, 0.717) is 11.6 Å². The van der Waals surface area contributed by atoms with Crippen LogP contribution in [0.25, 0.3) is 0 Å². The molecule has 3 aliphatic rings. The fraction of sp³-hybridized carbons (Fsp3) is 0.812. The highest BCUT2D eigenvalue weighted by molar-refractivity contribution is 5.21. The molecule has 0 saturated carbocycles. The molecule has 0 radical (unpaired) electrons. The molecule has 0 amide bonds. The average molecular weight is 259 g/mol. The van der Waals surface area contributed by atoms with Crippen LogP contribution in [-0.2, 0) is 6.54 Å². The van der Waals surface area contributed by atoms with Gasteiger partial charge in [-0.25, -0.2) is 0 Å². The van der Waals surface area contributed by atoms with Gasteiger partial charge >= 0.3 is 0 Å². The second kappa shape index (κ2) is 4.08. The number of rotatable bonds is 3. The summed E-state index contributed by atoms with van der Waals surface area (Å²) in [5.41, 5.74) is 2.02. The first-order chi connectivity index (χ1) is 9.20. The first-order valence-electron chi connectivity index (χ1n) is 7.98. The minimum atomic E-state index is 0.537. The number of nitrogens with zero attached hydrogens (tertiary/aromatic N) is 3. The van der Waals surface area contributed by atoms with Crippen molar-refractivity contribution in [1.29, 1.82) is 0 Å². The predicted molar refractivity (Wildman–Crippen MR) is 75.8 cm³/mol. The number of aromatic nitrogens is 2. The van der Waals surface area contributed by atoms with Gasteiger partial charge < -0.3 is 0 Å². The maximum Gasteiger partial charge on any atom is 0.0569 e. The van der Waals surface area contributed by atoms with Crippen LogP contribution in [0.5, 0.6) is 0 Å². The molecule has 19 heavy (non-hydrogen) atoms. The minimum Gasteiger partial charge on any atom is -0.289 e. The summed E-state index contributed by atoms with van der Waals surface area (Å²) in [7, 11) is 0. The molecule has 4 heterocycles. The van der Waals surface area contributed by atoms with Crippen LogP contribution >= 0.6 is 0 Å². The third kappa shape index (κ3) is 1.63. The largest absolute Gasteiger partial charge is 0.289 e. The first kappa shape index (κ1) is 12.0. The van der Waals surface area contributed by atoms with Gasteiger partial charge in [-0.3, -0.25) is 9.58 Å². The van der Waals surface area contributed by atoms with E-state index in [9.17, 15) is 0 Å². The third-order valence-electron chi connectivity index (χ3n) is 5.72. The highest BCUT2D eigenvalue weighted by Crippen LogP contribution is 2.56. The average Bonchev–Trinajstić information content (AvgIpc) is 3.03. The van der Waals surface area contributed by atoms with Crippen molar-refractivity contribution in [3.05, 3.63) is 18.0 Å². The van der Waals surface area contributed by atoms with Crippen molar-refractivity contribution in [1.82, 2.24) is 14.7 Å². The summed E-state index contributed by atoms with van der Waals surface area (Å²) >= 11 is 0. The molecule has 2 saturated heterocycles. The summed E-state index contributed by atoms with van der Waals surface area (Å²) in [6.07, 6.45) is 9.01. The van der Waals surface area contributed by atoms with Crippen molar-refractivity contribution in [3.8, 4) is 0 Å². The lowest BCUT2D eigenvalue weighted by Gasteiger charge is -2.35. The third-order valence-corrected chi connectivity index (χ3v) is 5.72. The Morgan fingerprint density at radius 1 is 1.47 bits per heavy atom. The van der Waals surface area contributed by atoms with Gasteiger partial charge in [-0.05, 0) is 50.6 Å². The molecule has 1 aromatic rings. The Kier molecular flexibility index (Phi) is 2.57. The van der Waals surface area contributed by atoms with Crippen LogP contribution in [0.15, 0.2) is 12.3 Å². The summed E-state index contributed by atoms with van der Waals surface area (Å²) < 4.78 is 2.25. The lowest BCUT2D eigenvalue weighted by atomic mass is 9.84. The van der Waals surface area contributed by atoms with E-state index in [2.05, 4.69) is 34.6 Å². The van der Waals surface area contributed by atoms with Crippen molar-refractivity contribution < 1.29 is 0 Å². The summed E-state index contributed by atoms with van der Waals surface area (Å²) in [6.45, 7) is 7.19. The van der Waals surface area contributed by atoms with E-state index in [0.717, 1.165) is 18.4 Å². The van der Waals surface area contributed by atoms with Gasteiger partial charge in [0.2, 0.25) is 0 Å². The Labute approximate surface area is 116 Å². The molecule has 0 spiro atoms. The van der Waals surface area contributed by atoms with Gasteiger partial charge in [-0.1, -0.05) is 13.8 Å². The standard InChI is InChI=1S/C16H25N3/c1-12(2)4-7-16-6-3-9-18(16)15-13(10-16)11-19-14(15)5-8-17-19/h5,8,12-13,15H,3-4,6-7,9-11H2,1-2H3. The van der Waals surface area contributed by atoms with Crippen LogP contribution in [0.2, 0.25) is 0 Å². The van der Waals surface area contributed by atoms with Crippen LogP contribution in [0, 0.1) is 11.8 Å². The van der Waals surface area contributed by atoms with Crippen LogP contribution in [-0.4, -0.2) is 26.8 Å². The molecular formula is C16H25N3. The highest BCUT2D eigenvalue weighted by atomic mass is 15.4. The molecule has 3 nitrogen and oxygen atoms in total. The molecule has 0 bridgehead atoms. The second-order valence-corrected chi connectivity index (χ2v) is 7.30. The maximum atomic E-state index is 4.48. The Bertz CT molecular complexity index is 478. The SMILES string of the molecule is CC(C)CCC12CCCN1C1c3ccnn3CC1C2. The molecule has 3 unspecified atom stereocenters. The number of hydrogen-bond donors (Lipinski definition) is 0. The van der Waals surface area contributed by atoms with Crippen LogP contribution in [0.1, 0.15) is 57.7 Å². The Morgan fingerprint density at radius 2 is 2.37 bits per heavy atom. The lowest BCUT2D eigenvalue weighted by Crippen LogP contribution is -2.39. The van der Waals surface area contributed by atoms with Crippen molar-refractivity contribution in [3.63, 3.8) is 0 Å². The zero-order valence-corrected chi connectivity index (χ0v) is 12.2. The predicted octanol–water partition coefficient (Wildman–Crippen LogP) is 3.23. The monoisotopic (exact) mass is 259 g/mol. The fourth-order valence-electron chi connectivity index (χ4n) is 4.93. The van der Waals surface area contributed by atoms with Gasteiger partial charge in [0.05, 0.1) is 11.7 Å². The molecule has 3 atom stereocenters. The summed E-state index contributed by atoms with van der Waals surface area (Å²) in [5, 5.41) is 4.48. The van der Waals surface area contributed by atoms with E-state index in [-0.39, 0.29) is 0 Å². The molecular weight excluding hydrogens is 234 g/mol. The van der Waals surface area contributed by atoms with Gasteiger partial charge in [0, 0.05) is 24.2 Å². The molecule has 1 aromatic heterocycles. The van der Waals surface area contributed by atoms with Crippen LogP contribution in [0.4, 0.5) is 0 Å². The summed E-state index contributed by atoms with van der Waals surface area (Å²) in [6, 6.07) is 2.93. The Hall–Kier alpha value is -0.830. The van der Waals surface area contributed by atoms with E-state index in [1.165, 1.54) is 44.3 Å². The smallest absolute Gasteiger partial charge is 0.0569 e. The van der Waals surface area contributed by atoms with Crippen molar-refractivity contribution >= 4 is 0 Å². The van der Waals surface area contributed by atoms with Crippen molar-refractivity contribution in [2.45, 2.75) is 64.1 Å². The van der Waals surface area contributed by atoms with Gasteiger partial charge in [0.25, 0.3) is 0 Å². The van der Waals surface area contributed by atoms with Crippen molar-refractivity contribution in [2.75, 3.05) is 6.54 Å². The molecule has 3 aliphatic heterocycles. The Balaban J connectivity index is 1.62. The van der Waals surface area contributed by atoms with Crippen LogP contribution < -0.4 is 0 Å². The number of fused-ring (bicyclic) bond motifs is 5. The molecule has 2 fully saturated rings. The molecule has 0 aliphatic carbocycles. The fourth-order valence-corrected chi connectivity index (χ4v) is 4.93. The highest BCUT2D eigenvalue weighted by Gasteiger charge is 2.56. The van der Waals surface area contributed by atoms with E-state index >= 15 is 0 Å². The molecule has 0 aromatic carbocycles. The van der Waals surface area contributed by atoms with Crippen molar-refractivity contribution in [2.24, 2.45) is 11.8 Å². The first-order valence-corrected chi connectivity index (χ1v) is 7.98. The minimum absolute atomic E-state index is 0.537. The summed E-state index contributed by atoms with van der Waals surface area (Å²) in [4.78, 5) is 2.86.